The number of fused-ring (bicyclic) bond motifs is 2. The Bertz CT molecular complexity index is 1010. The zero-order valence-corrected chi connectivity index (χ0v) is 16.3. The average Bonchev–Trinajstić information content (AvgIpc) is 3.38. The molecule has 0 spiro atoms. The second kappa shape index (κ2) is 6.66. The lowest BCUT2D eigenvalue weighted by atomic mass is 9.90. The van der Waals surface area contributed by atoms with Crippen molar-refractivity contribution in [3.8, 4) is 6.07 Å². The van der Waals surface area contributed by atoms with E-state index in [9.17, 15) is 0 Å². The maximum Gasteiger partial charge on any atom is 0.204 e. The molecule has 5 rings (SSSR count). The third-order valence-corrected chi connectivity index (χ3v) is 6.53. The summed E-state index contributed by atoms with van der Waals surface area (Å²) in [4.78, 5) is 7.05. The zero-order chi connectivity index (χ0) is 18.4. The third-order valence-electron chi connectivity index (χ3n) is 5.72. The highest BCUT2D eigenvalue weighted by Gasteiger charge is 2.31. The normalized spacial score (nSPS) is 22.7. The number of aromatic nitrogens is 3. The molecule has 1 saturated carbocycles. The van der Waals surface area contributed by atoms with Gasteiger partial charge in [0.15, 0.2) is 5.58 Å². The number of halogens is 1. The van der Waals surface area contributed by atoms with Gasteiger partial charge in [0.2, 0.25) is 5.76 Å². The molecule has 2 N–H and O–H groups in total. The largest absolute Gasteiger partial charge is 0.444 e. The first-order chi connectivity index (χ1) is 13.2. The summed E-state index contributed by atoms with van der Waals surface area (Å²) >= 11 is 3.62. The number of aromatic amines is 1. The fourth-order valence-corrected chi connectivity index (χ4v) is 4.79. The van der Waals surface area contributed by atoms with Crippen LogP contribution in [0.3, 0.4) is 0 Å². The number of nitrogens with one attached hydrogen (secondary N) is 2. The minimum atomic E-state index is 0.302. The highest BCUT2D eigenvalue weighted by molar-refractivity contribution is 9.10. The lowest BCUT2D eigenvalue weighted by molar-refractivity contribution is 0.150. The van der Waals surface area contributed by atoms with Crippen molar-refractivity contribution in [2.24, 2.45) is 0 Å². The second-order valence-electron chi connectivity index (χ2n) is 7.35. The van der Waals surface area contributed by atoms with Gasteiger partial charge < -0.3 is 9.73 Å². The summed E-state index contributed by atoms with van der Waals surface area (Å²) in [6.07, 6.45) is 8.23. The molecular formula is C19H19BrN6O. The van der Waals surface area contributed by atoms with Crippen molar-refractivity contribution in [3.63, 3.8) is 0 Å². The summed E-state index contributed by atoms with van der Waals surface area (Å²) in [5.74, 6) is 1.12. The molecule has 0 unspecified atom stereocenters. The Morgan fingerprint density at radius 2 is 2.11 bits per heavy atom. The highest BCUT2D eigenvalue weighted by atomic mass is 79.9. The summed E-state index contributed by atoms with van der Waals surface area (Å²) in [7, 11) is 0. The highest BCUT2D eigenvalue weighted by Crippen LogP contribution is 2.35. The standard InChI is InChI=1S/C19H19BrN6O/c20-18-15-5-14(6-21)27-17(15)8-22-19(18)24-12-1-3-13(4-2-12)26-9-11-7-23-25-16(11)10-26/h5,7-8,12-13H,1-4,9-10H2,(H,22,24)(H,23,25). The van der Waals surface area contributed by atoms with Crippen molar-refractivity contribution in [2.45, 2.75) is 50.9 Å². The van der Waals surface area contributed by atoms with Crippen LogP contribution >= 0.6 is 15.9 Å². The van der Waals surface area contributed by atoms with Crippen molar-refractivity contribution in [1.29, 1.82) is 5.26 Å². The van der Waals surface area contributed by atoms with E-state index in [0.29, 0.717) is 23.4 Å². The summed E-state index contributed by atoms with van der Waals surface area (Å²) < 4.78 is 6.30. The molecular weight excluding hydrogens is 408 g/mol. The number of hydrogen-bond acceptors (Lipinski definition) is 6. The summed E-state index contributed by atoms with van der Waals surface area (Å²) in [5, 5.41) is 20.7. The first-order valence-electron chi connectivity index (χ1n) is 9.21. The SMILES string of the molecule is N#Cc1cc2c(Br)c(NC3CCC(N4Cc5cn[nH]c5C4)CC3)ncc2o1. The Hall–Kier alpha value is -2.37. The van der Waals surface area contributed by atoms with Gasteiger partial charge in [-0.15, -0.1) is 0 Å². The molecule has 27 heavy (non-hydrogen) atoms. The van der Waals surface area contributed by atoms with E-state index >= 15 is 0 Å². The Balaban J connectivity index is 1.23. The van der Waals surface area contributed by atoms with Crippen LogP contribution in [0.4, 0.5) is 5.82 Å². The predicted octanol–water partition coefficient (Wildman–Crippen LogP) is 3.92. The molecule has 0 aromatic carbocycles. The van der Waals surface area contributed by atoms with E-state index in [2.05, 4.69) is 41.3 Å². The Labute approximate surface area is 164 Å². The van der Waals surface area contributed by atoms with E-state index in [1.165, 1.54) is 24.1 Å². The van der Waals surface area contributed by atoms with Crippen LogP contribution in [0.25, 0.3) is 11.0 Å². The molecule has 3 aromatic heterocycles. The molecule has 0 atom stereocenters. The molecule has 1 aliphatic carbocycles. The molecule has 0 bridgehead atoms. The van der Waals surface area contributed by atoms with E-state index < -0.39 is 0 Å². The molecule has 0 saturated heterocycles. The minimum absolute atomic E-state index is 0.302. The van der Waals surface area contributed by atoms with Gasteiger partial charge in [-0.05, 0) is 41.6 Å². The molecule has 0 radical (unpaired) electrons. The van der Waals surface area contributed by atoms with Crippen LogP contribution < -0.4 is 5.32 Å². The van der Waals surface area contributed by atoms with Gasteiger partial charge >= 0.3 is 0 Å². The number of furan rings is 1. The minimum Gasteiger partial charge on any atom is -0.444 e. The van der Waals surface area contributed by atoms with Crippen LogP contribution in [-0.4, -0.2) is 32.2 Å². The van der Waals surface area contributed by atoms with Crippen LogP contribution in [0.5, 0.6) is 0 Å². The fourth-order valence-electron chi connectivity index (χ4n) is 4.26. The van der Waals surface area contributed by atoms with Gasteiger partial charge in [-0.3, -0.25) is 10.00 Å². The van der Waals surface area contributed by atoms with Crippen LogP contribution in [0, 0.1) is 11.3 Å². The quantitative estimate of drug-likeness (QED) is 0.658. The number of H-pyrrole nitrogens is 1. The second-order valence-corrected chi connectivity index (χ2v) is 8.14. The fraction of sp³-hybridized carbons (Fsp3) is 0.421. The first-order valence-corrected chi connectivity index (χ1v) is 10.0. The van der Waals surface area contributed by atoms with Crippen LogP contribution in [-0.2, 0) is 13.1 Å². The first kappa shape index (κ1) is 16.8. The molecule has 4 heterocycles. The molecule has 1 aliphatic heterocycles. The van der Waals surface area contributed by atoms with Gasteiger partial charge in [-0.25, -0.2) is 4.98 Å². The molecule has 138 valence electrons. The van der Waals surface area contributed by atoms with E-state index in [1.807, 2.05) is 12.3 Å². The van der Waals surface area contributed by atoms with E-state index in [0.717, 1.165) is 41.6 Å². The number of hydrogen-bond donors (Lipinski definition) is 2. The van der Waals surface area contributed by atoms with Crippen molar-refractivity contribution in [1.82, 2.24) is 20.1 Å². The van der Waals surface area contributed by atoms with Crippen LogP contribution in [0.15, 0.2) is 27.3 Å². The van der Waals surface area contributed by atoms with Crippen molar-refractivity contribution in [2.75, 3.05) is 5.32 Å². The maximum atomic E-state index is 9.01. The lowest BCUT2D eigenvalue weighted by Crippen LogP contribution is -2.38. The Morgan fingerprint density at radius 1 is 1.26 bits per heavy atom. The van der Waals surface area contributed by atoms with Crippen LogP contribution in [0.2, 0.25) is 0 Å². The molecule has 7 nitrogen and oxygen atoms in total. The van der Waals surface area contributed by atoms with Gasteiger partial charge in [0.05, 0.1) is 22.6 Å². The van der Waals surface area contributed by atoms with Gasteiger partial charge in [-0.1, -0.05) is 0 Å². The van der Waals surface area contributed by atoms with E-state index in [-0.39, 0.29) is 0 Å². The van der Waals surface area contributed by atoms with Gasteiger partial charge in [-0.2, -0.15) is 10.4 Å². The van der Waals surface area contributed by atoms with Crippen molar-refractivity contribution >= 4 is 32.7 Å². The van der Waals surface area contributed by atoms with Gasteiger partial charge in [0.1, 0.15) is 11.9 Å². The number of nitriles is 1. The predicted molar refractivity (Wildman–Crippen MR) is 104 cm³/mol. The van der Waals surface area contributed by atoms with Gasteiger partial charge in [0.25, 0.3) is 0 Å². The number of pyridine rings is 1. The molecule has 1 fully saturated rings. The van der Waals surface area contributed by atoms with E-state index in [1.54, 1.807) is 12.3 Å². The zero-order valence-electron chi connectivity index (χ0n) is 14.7. The molecule has 0 amide bonds. The summed E-state index contributed by atoms with van der Waals surface area (Å²) in [6.45, 7) is 2.00. The number of nitrogens with zero attached hydrogens (tertiary/aromatic N) is 4. The lowest BCUT2D eigenvalue weighted by Gasteiger charge is -2.35. The molecule has 8 heteroatoms. The molecule has 3 aromatic rings. The summed E-state index contributed by atoms with van der Waals surface area (Å²) in [6, 6.07) is 4.83. The Kier molecular flexibility index (Phi) is 4.14. The number of rotatable bonds is 3. The van der Waals surface area contributed by atoms with Gasteiger partial charge in [0, 0.05) is 42.2 Å². The topological polar surface area (TPSA) is 93.8 Å². The van der Waals surface area contributed by atoms with E-state index in [4.69, 9.17) is 9.68 Å². The smallest absolute Gasteiger partial charge is 0.204 e. The molecule has 2 aliphatic rings. The number of anilines is 1. The third kappa shape index (κ3) is 3.01. The maximum absolute atomic E-state index is 9.01. The van der Waals surface area contributed by atoms with Crippen molar-refractivity contribution < 1.29 is 4.42 Å². The summed E-state index contributed by atoms with van der Waals surface area (Å²) in [5.41, 5.74) is 3.24. The monoisotopic (exact) mass is 426 g/mol. The average molecular weight is 427 g/mol. The van der Waals surface area contributed by atoms with Crippen LogP contribution in [0.1, 0.15) is 42.7 Å². The Morgan fingerprint density at radius 3 is 2.89 bits per heavy atom. The van der Waals surface area contributed by atoms with Crippen molar-refractivity contribution in [3.05, 3.63) is 40.0 Å².